The van der Waals surface area contributed by atoms with Crippen molar-refractivity contribution in [1.82, 2.24) is 16.1 Å². The van der Waals surface area contributed by atoms with Gasteiger partial charge in [-0.3, -0.25) is 5.43 Å². The lowest BCUT2D eigenvalue weighted by Crippen LogP contribution is -2.45. The first-order chi connectivity index (χ1) is 19.3. The summed E-state index contributed by atoms with van der Waals surface area (Å²) in [4.78, 5) is 24.5. The van der Waals surface area contributed by atoms with Gasteiger partial charge in [0.25, 0.3) is 0 Å². The standard InChI is InChI=1S/C28H29BrN4O7/c1-4-38-23-13-18(26-25(27(35)37-3)16(2)31-28(36)32-26)8-10-22(23)39-15-24(34)33-30-14-20-9-11-21(40-20)17-6-5-7-19(29)12-17/h5-14,24,26,33-34H,4,15H2,1-3H3,(H2,31,32,36)/b30-14+/t24-,26-/m1/s1. The number of nitrogens with zero attached hydrogens (tertiary/aromatic N) is 1. The maximum Gasteiger partial charge on any atom is 0.337 e. The highest BCUT2D eigenvalue weighted by molar-refractivity contribution is 9.10. The van der Waals surface area contributed by atoms with Gasteiger partial charge in [0.15, 0.2) is 17.7 Å². The number of allylic oxidation sites excluding steroid dienone is 1. The average Bonchev–Trinajstić information content (AvgIpc) is 3.41. The van der Waals surface area contributed by atoms with Crippen molar-refractivity contribution in [3.05, 3.63) is 81.7 Å². The molecule has 0 fully saturated rings. The van der Waals surface area contributed by atoms with E-state index in [2.05, 4.69) is 37.1 Å². The third kappa shape index (κ3) is 7.01. The maximum absolute atomic E-state index is 12.4. The second-order valence-electron chi connectivity index (χ2n) is 8.63. The van der Waals surface area contributed by atoms with Crippen molar-refractivity contribution in [3.8, 4) is 22.8 Å². The average molecular weight is 613 g/mol. The molecule has 2 heterocycles. The monoisotopic (exact) mass is 612 g/mol. The molecule has 4 N–H and O–H groups in total. The Morgan fingerprint density at radius 3 is 2.77 bits per heavy atom. The predicted octanol–water partition coefficient (Wildman–Crippen LogP) is 4.23. The number of amides is 2. The summed E-state index contributed by atoms with van der Waals surface area (Å²) in [6, 6.07) is 15.2. The van der Waals surface area contributed by atoms with Crippen LogP contribution in [0.2, 0.25) is 0 Å². The van der Waals surface area contributed by atoms with Gasteiger partial charge in [-0.25, -0.2) is 9.59 Å². The molecule has 1 aliphatic rings. The minimum absolute atomic E-state index is 0.144. The number of hydrogen-bond acceptors (Lipinski definition) is 9. The number of benzene rings is 2. The van der Waals surface area contributed by atoms with Crippen LogP contribution in [0.15, 0.2) is 79.9 Å². The number of aliphatic hydroxyl groups is 1. The van der Waals surface area contributed by atoms with Gasteiger partial charge >= 0.3 is 12.0 Å². The number of esters is 1. The van der Waals surface area contributed by atoms with Gasteiger partial charge in [-0.15, -0.1) is 0 Å². The van der Waals surface area contributed by atoms with Crippen molar-refractivity contribution in [2.45, 2.75) is 26.1 Å². The Balaban J connectivity index is 1.39. The van der Waals surface area contributed by atoms with Crippen LogP contribution in [0.3, 0.4) is 0 Å². The molecule has 12 heteroatoms. The summed E-state index contributed by atoms with van der Waals surface area (Å²) >= 11 is 3.44. The fourth-order valence-electron chi connectivity index (χ4n) is 4.03. The molecular weight excluding hydrogens is 584 g/mol. The molecule has 0 saturated carbocycles. The number of carbonyl (C=O) groups excluding carboxylic acids is 2. The Hall–Kier alpha value is -4.29. The van der Waals surface area contributed by atoms with E-state index < -0.39 is 24.3 Å². The summed E-state index contributed by atoms with van der Waals surface area (Å²) in [7, 11) is 1.28. The minimum atomic E-state index is -1.13. The van der Waals surface area contributed by atoms with Crippen LogP contribution in [0.4, 0.5) is 4.79 Å². The summed E-state index contributed by atoms with van der Waals surface area (Å²) in [6.45, 7) is 3.64. The number of furan rings is 1. The highest BCUT2D eigenvalue weighted by atomic mass is 79.9. The molecule has 0 radical (unpaired) electrons. The molecule has 1 aliphatic heterocycles. The minimum Gasteiger partial charge on any atom is -0.490 e. The van der Waals surface area contributed by atoms with Gasteiger partial charge in [0.2, 0.25) is 0 Å². The van der Waals surface area contributed by atoms with Crippen LogP contribution in [0, 0.1) is 0 Å². The van der Waals surface area contributed by atoms with Crippen LogP contribution in [-0.2, 0) is 9.53 Å². The van der Waals surface area contributed by atoms with E-state index >= 15 is 0 Å². The van der Waals surface area contributed by atoms with E-state index in [0.717, 1.165) is 10.0 Å². The SMILES string of the molecule is CCOc1cc([C@H]2NC(=O)NC(C)=C2C(=O)OC)ccc1OC[C@@H](O)N/N=C/c1ccc(-c2cccc(Br)c2)o1. The number of hydrazone groups is 1. The molecule has 0 unspecified atom stereocenters. The fraction of sp³-hybridized carbons (Fsp3) is 0.250. The zero-order valence-corrected chi connectivity index (χ0v) is 23.7. The van der Waals surface area contributed by atoms with Gasteiger partial charge in [-0.05, 0) is 55.8 Å². The Morgan fingerprint density at radius 2 is 2.02 bits per heavy atom. The van der Waals surface area contributed by atoms with Gasteiger partial charge in [0, 0.05) is 15.7 Å². The molecular formula is C28H29BrN4O7. The second-order valence-corrected chi connectivity index (χ2v) is 9.54. The number of nitrogens with one attached hydrogen (secondary N) is 3. The Labute approximate surface area is 239 Å². The first kappa shape index (κ1) is 28.7. The lowest BCUT2D eigenvalue weighted by molar-refractivity contribution is -0.136. The number of carbonyl (C=O) groups is 2. The van der Waals surface area contributed by atoms with E-state index in [4.69, 9.17) is 18.6 Å². The summed E-state index contributed by atoms with van der Waals surface area (Å²) in [5.74, 6) is 1.36. The summed E-state index contributed by atoms with van der Waals surface area (Å²) in [6.07, 6.45) is 0.317. The fourth-order valence-corrected chi connectivity index (χ4v) is 4.43. The molecule has 11 nitrogen and oxygen atoms in total. The third-order valence-corrected chi connectivity index (χ3v) is 6.32. The largest absolute Gasteiger partial charge is 0.490 e. The van der Waals surface area contributed by atoms with E-state index in [9.17, 15) is 14.7 Å². The van der Waals surface area contributed by atoms with Crippen molar-refractivity contribution in [2.24, 2.45) is 5.10 Å². The molecule has 0 aliphatic carbocycles. The number of rotatable bonds is 11. The number of ether oxygens (including phenoxy) is 3. The highest BCUT2D eigenvalue weighted by Crippen LogP contribution is 2.35. The zero-order valence-electron chi connectivity index (χ0n) is 22.1. The van der Waals surface area contributed by atoms with Crippen molar-refractivity contribution in [2.75, 3.05) is 20.3 Å². The van der Waals surface area contributed by atoms with E-state index in [1.165, 1.54) is 13.3 Å². The van der Waals surface area contributed by atoms with Crippen molar-refractivity contribution in [3.63, 3.8) is 0 Å². The number of aliphatic hydroxyl groups excluding tert-OH is 1. The van der Waals surface area contributed by atoms with Crippen LogP contribution >= 0.6 is 15.9 Å². The number of halogens is 1. The number of urea groups is 1. The van der Waals surface area contributed by atoms with Gasteiger partial charge in [0.1, 0.15) is 18.1 Å². The maximum atomic E-state index is 12.4. The van der Waals surface area contributed by atoms with Gasteiger partial charge < -0.3 is 34.4 Å². The molecule has 210 valence electrons. The smallest absolute Gasteiger partial charge is 0.337 e. The normalized spacial score (nSPS) is 15.8. The molecule has 2 amide bonds. The van der Waals surface area contributed by atoms with Crippen molar-refractivity contribution >= 4 is 34.1 Å². The van der Waals surface area contributed by atoms with Gasteiger partial charge in [0.05, 0.1) is 31.5 Å². The lowest BCUT2D eigenvalue weighted by Gasteiger charge is -2.28. The Bertz CT molecular complexity index is 1440. The topological polar surface area (TPSA) is 144 Å². The molecule has 4 rings (SSSR count). The summed E-state index contributed by atoms with van der Waals surface area (Å²) < 4.78 is 23.1. The first-order valence-corrected chi connectivity index (χ1v) is 13.2. The number of hydrogen-bond donors (Lipinski definition) is 4. The van der Waals surface area contributed by atoms with Crippen LogP contribution in [-0.4, -0.2) is 49.9 Å². The molecule has 2 aromatic carbocycles. The first-order valence-electron chi connectivity index (χ1n) is 12.4. The third-order valence-electron chi connectivity index (χ3n) is 5.82. The van der Waals surface area contributed by atoms with Crippen molar-refractivity contribution in [1.29, 1.82) is 0 Å². The van der Waals surface area contributed by atoms with Crippen LogP contribution in [0.5, 0.6) is 11.5 Å². The van der Waals surface area contributed by atoms with E-state index in [-0.39, 0.29) is 12.2 Å². The van der Waals surface area contributed by atoms with Gasteiger partial charge in [-0.1, -0.05) is 34.1 Å². The Morgan fingerprint density at radius 1 is 1.20 bits per heavy atom. The molecule has 0 spiro atoms. The molecule has 2 atom stereocenters. The van der Waals surface area contributed by atoms with Crippen LogP contribution < -0.4 is 25.5 Å². The highest BCUT2D eigenvalue weighted by Gasteiger charge is 2.32. The lowest BCUT2D eigenvalue weighted by atomic mass is 9.95. The van der Waals surface area contributed by atoms with Crippen LogP contribution in [0.1, 0.15) is 31.2 Å². The van der Waals surface area contributed by atoms with E-state index in [1.807, 2.05) is 37.3 Å². The Kier molecular flexibility index (Phi) is 9.46. The quantitative estimate of drug-likeness (QED) is 0.109. The zero-order chi connectivity index (χ0) is 28.6. The molecule has 3 aromatic rings. The predicted molar refractivity (Wildman–Crippen MR) is 151 cm³/mol. The van der Waals surface area contributed by atoms with E-state index in [0.29, 0.717) is 40.9 Å². The van der Waals surface area contributed by atoms with Crippen LogP contribution in [0.25, 0.3) is 11.3 Å². The number of methoxy groups -OCH3 is 1. The molecule has 1 aromatic heterocycles. The van der Waals surface area contributed by atoms with Gasteiger partial charge in [-0.2, -0.15) is 5.10 Å². The summed E-state index contributed by atoms with van der Waals surface area (Å²) in [5, 5.41) is 19.7. The van der Waals surface area contributed by atoms with Crippen molar-refractivity contribution < 1.29 is 33.3 Å². The van der Waals surface area contributed by atoms with E-state index in [1.54, 1.807) is 31.2 Å². The molecule has 0 saturated heterocycles. The molecule has 40 heavy (non-hydrogen) atoms. The summed E-state index contributed by atoms with van der Waals surface area (Å²) in [5.41, 5.74) is 4.77. The second kappa shape index (κ2) is 13.2. The molecule has 0 bridgehead atoms.